The highest BCUT2D eigenvalue weighted by atomic mass is 35.5. The maximum absolute atomic E-state index is 14.9. The first kappa shape index (κ1) is 20.7. The topological polar surface area (TPSA) is 104 Å². The van der Waals surface area contributed by atoms with Gasteiger partial charge in [-0.1, -0.05) is 17.7 Å². The summed E-state index contributed by atoms with van der Waals surface area (Å²) in [4.78, 5) is 41.0. The Balaban J connectivity index is 1.66. The molecule has 2 aromatic heterocycles. The molecule has 0 spiro atoms. The summed E-state index contributed by atoms with van der Waals surface area (Å²) >= 11 is 6.32. The van der Waals surface area contributed by atoms with E-state index in [0.29, 0.717) is 33.3 Å². The van der Waals surface area contributed by atoms with Crippen LogP contribution in [0.1, 0.15) is 21.0 Å². The molecule has 0 bridgehead atoms. The Kier molecular flexibility index (Phi) is 5.02. The number of hydrogen-bond donors (Lipinski definition) is 2. The van der Waals surface area contributed by atoms with Gasteiger partial charge in [0.05, 0.1) is 51.8 Å². The van der Waals surface area contributed by atoms with Crippen LogP contribution in [0.25, 0.3) is 22.1 Å². The van der Waals surface area contributed by atoms with Gasteiger partial charge in [-0.15, -0.1) is 0 Å². The van der Waals surface area contributed by atoms with Gasteiger partial charge in [-0.3, -0.25) is 9.69 Å². The van der Waals surface area contributed by atoms with E-state index in [1.54, 1.807) is 30.3 Å². The number of fused-ring (bicyclic) bond motifs is 2. The lowest BCUT2D eigenvalue weighted by molar-refractivity contribution is 0.0600. The Labute approximate surface area is 191 Å². The number of aromatic nitrogens is 4. The average molecular weight is 464 g/mol. The van der Waals surface area contributed by atoms with Crippen molar-refractivity contribution in [2.45, 2.75) is 0 Å². The molecule has 0 atom stereocenters. The number of para-hydroxylation sites is 1. The summed E-state index contributed by atoms with van der Waals surface area (Å²) in [5.41, 5.74) is 2.79. The standard InChI is InChI=1S/C23H15ClFN5O3/c1-33-23(32)12-5-7-17-19(9-12)29-21(28-17)22(31)30(20-14(24)3-2-4-15(20)25)13-6-8-16-18(10-13)27-11-26-16/h2-11H,1H3,(H,26,27)(H,28,29). The Hall–Kier alpha value is -4.24. The lowest BCUT2D eigenvalue weighted by Crippen LogP contribution is -2.28. The number of carbonyl (C=O) groups is 2. The zero-order valence-electron chi connectivity index (χ0n) is 17.1. The van der Waals surface area contributed by atoms with Crippen LogP contribution in [0.5, 0.6) is 0 Å². The Bertz CT molecular complexity index is 1520. The van der Waals surface area contributed by atoms with Crippen molar-refractivity contribution in [2.75, 3.05) is 12.0 Å². The van der Waals surface area contributed by atoms with E-state index in [4.69, 9.17) is 16.3 Å². The minimum absolute atomic E-state index is 0.0529. The summed E-state index contributed by atoms with van der Waals surface area (Å²) in [5.74, 6) is -1.90. The van der Waals surface area contributed by atoms with Crippen molar-refractivity contribution >= 4 is 56.9 Å². The largest absolute Gasteiger partial charge is 0.465 e. The van der Waals surface area contributed by atoms with Crippen LogP contribution in [-0.2, 0) is 4.74 Å². The van der Waals surface area contributed by atoms with Gasteiger partial charge in [0.1, 0.15) is 11.5 Å². The minimum atomic E-state index is -0.676. The Morgan fingerprint density at radius 3 is 2.67 bits per heavy atom. The number of nitrogens with zero attached hydrogens (tertiary/aromatic N) is 3. The molecule has 2 heterocycles. The number of carbonyl (C=O) groups excluding carboxylic acids is 2. The molecule has 5 aromatic rings. The number of esters is 1. The number of ether oxygens (including phenoxy) is 1. The van der Waals surface area contributed by atoms with E-state index in [-0.39, 0.29) is 16.5 Å². The molecule has 3 aromatic carbocycles. The molecular weight excluding hydrogens is 449 g/mol. The second-order valence-electron chi connectivity index (χ2n) is 7.12. The summed E-state index contributed by atoms with van der Waals surface area (Å²) in [5, 5.41) is 0.0529. The minimum Gasteiger partial charge on any atom is -0.465 e. The van der Waals surface area contributed by atoms with Crippen molar-refractivity contribution in [3.63, 3.8) is 0 Å². The van der Waals surface area contributed by atoms with Crippen LogP contribution in [0.4, 0.5) is 15.8 Å². The summed E-state index contributed by atoms with van der Waals surface area (Å²) in [6.45, 7) is 0. The van der Waals surface area contributed by atoms with Crippen LogP contribution >= 0.6 is 11.6 Å². The fourth-order valence-corrected chi connectivity index (χ4v) is 3.82. The zero-order valence-corrected chi connectivity index (χ0v) is 17.9. The van der Waals surface area contributed by atoms with Crippen LogP contribution in [0.15, 0.2) is 60.9 Å². The third-order valence-electron chi connectivity index (χ3n) is 5.13. The van der Waals surface area contributed by atoms with Crippen molar-refractivity contribution in [1.29, 1.82) is 0 Å². The highest BCUT2D eigenvalue weighted by Gasteiger charge is 2.28. The molecule has 8 nitrogen and oxygen atoms in total. The number of anilines is 2. The Morgan fingerprint density at radius 1 is 1.06 bits per heavy atom. The highest BCUT2D eigenvalue weighted by Crippen LogP contribution is 2.36. The lowest BCUT2D eigenvalue weighted by Gasteiger charge is -2.23. The summed E-state index contributed by atoms with van der Waals surface area (Å²) in [6, 6.07) is 13.8. The molecule has 164 valence electrons. The fourth-order valence-electron chi connectivity index (χ4n) is 3.57. The van der Waals surface area contributed by atoms with E-state index in [2.05, 4.69) is 19.9 Å². The van der Waals surface area contributed by atoms with E-state index in [1.165, 1.54) is 37.7 Å². The van der Waals surface area contributed by atoms with Gasteiger partial charge in [-0.2, -0.15) is 0 Å². The smallest absolute Gasteiger partial charge is 0.337 e. The molecule has 0 aliphatic carbocycles. The maximum atomic E-state index is 14.9. The first-order valence-electron chi connectivity index (χ1n) is 9.76. The highest BCUT2D eigenvalue weighted by molar-refractivity contribution is 6.34. The Morgan fingerprint density at radius 2 is 1.88 bits per heavy atom. The van der Waals surface area contributed by atoms with Gasteiger partial charge in [0.15, 0.2) is 5.82 Å². The number of amides is 1. The molecule has 33 heavy (non-hydrogen) atoms. The number of aromatic amines is 2. The summed E-state index contributed by atoms with van der Waals surface area (Å²) in [7, 11) is 1.28. The molecule has 0 fully saturated rings. The van der Waals surface area contributed by atoms with E-state index < -0.39 is 17.7 Å². The fraction of sp³-hybridized carbons (Fsp3) is 0.0435. The number of hydrogen-bond acceptors (Lipinski definition) is 5. The van der Waals surface area contributed by atoms with E-state index in [9.17, 15) is 14.0 Å². The number of imidazole rings is 2. The monoisotopic (exact) mass is 463 g/mol. The van der Waals surface area contributed by atoms with Crippen molar-refractivity contribution in [3.8, 4) is 0 Å². The maximum Gasteiger partial charge on any atom is 0.337 e. The lowest BCUT2D eigenvalue weighted by atomic mass is 10.2. The first-order chi connectivity index (χ1) is 16.0. The predicted octanol–water partition coefficient (Wildman–Crippen LogP) is 5.00. The number of halogens is 2. The van der Waals surface area contributed by atoms with E-state index >= 15 is 0 Å². The van der Waals surface area contributed by atoms with Crippen molar-refractivity contribution in [1.82, 2.24) is 19.9 Å². The summed E-state index contributed by atoms with van der Waals surface area (Å²) < 4.78 is 19.7. The average Bonchev–Trinajstić information content (AvgIpc) is 3.46. The molecule has 0 aliphatic rings. The number of H-pyrrole nitrogens is 2. The quantitative estimate of drug-likeness (QED) is 0.365. The van der Waals surface area contributed by atoms with Gasteiger partial charge < -0.3 is 14.7 Å². The van der Waals surface area contributed by atoms with Crippen LogP contribution in [0.3, 0.4) is 0 Å². The third-order valence-corrected chi connectivity index (χ3v) is 5.44. The number of nitrogens with one attached hydrogen (secondary N) is 2. The van der Waals surface area contributed by atoms with Gasteiger partial charge in [0.2, 0.25) is 0 Å². The molecule has 0 saturated carbocycles. The zero-order chi connectivity index (χ0) is 23.1. The molecule has 0 saturated heterocycles. The number of methoxy groups -OCH3 is 1. The molecule has 0 radical (unpaired) electrons. The summed E-state index contributed by atoms with van der Waals surface area (Å²) in [6.07, 6.45) is 1.52. The van der Waals surface area contributed by atoms with Crippen LogP contribution in [0, 0.1) is 5.82 Å². The van der Waals surface area contributed by atoms with Gasteiger partial charge >= 0.3 is 5.97 Å². The van der Waals surface area contributed by atoms with Crippen LogP contribution < -0.4 is 4.90 Å². The first-order valence-corrected chi connectivity index (χ1v) is 10.1. The molecule has 5 rings (SSSR count). The van der Waals surface area contributed by atoms with Crippen LogP contribution in [-0.4, -0.2) is 38.9 Å². The molecule has 0 unspecified atom stereocenters. The van der Waals surface area contributed by atoms with Crippen LogP contribution in [0.2, 0.25) is 5.02 Å². The SMILES string of the molecule is COC(=O)c1ccc2nc(C(=O)N(c3ccc4nc[nH]c4c3)c3c(F)cccc3Cl)[nH]c2c1. The molecule has 1 amide bonds. The van der Waals surface area contributed by atoms with Gasteiger partial charge in [-0.25, -0.2) is 19.2 Å². The van der Waals surface area contributed by atoms with Gasteiger partial charge in [0.25, 0.3) is 5.91 Å². The number of rotatable bonds is 4. The van der Waals surface area contributed by atoms with Gasteiger partial charge in [-0.05, 0) is 48.5 Å². The number of benzene rings is 3. The van der Waals surface area contributed by atoms with E-state index in [0.717, 1.165) is 4.90 Å². The molecule has 2 N–H and O–H groups in total. The molecule has 0 aliphatic heterocycles. The van der Waals surface area contributed by atoms with E-state index in [1.807, 2.05) is 0 Å². The van der Waals surface area contributed by atoms with Gasteiger partial charge in [0, 0.05) is 0 Å². The van der Waals surface area contributed by atoms with Crippen molar-refractivity contribution < 1.29 is 18.7 Å². The third kappa shape index (κ3) is 3.58. The normalized spacial score (nSPS) is 11.1. The molecular formula is C23H15ClFN5O3. The molecule has 10 heteroatoms. The second-order valence-corrected chi connectivity index (χ2v) is 7.53. The van der Waals surface area contributed by atoms with Crippen molar-refractivity contribution in [2.24, 2.45) is 0 Å². The van der Waals surface area contributed by atoms with Crippen molar-refractivity contribution in [3.05, 3.63) is 83.2 Å². The predicted molar refractivity (Wildman–Crippen MR) is 121 cm³/mol. The second kappa shape index (κ2) is 8.03.